The van der Waals surface area contributed by atoms with Crippen molar-refractivity contribution in [1.82, 2.24) is 14.8 Å². The molecule has 1 aromatic carbocycles. The van der Waals surface area contributed by atoms with Crippen LogP contribution in [0.25, 0.3) is 11.5 Å². The van der Waals surface area contributed by atoms with E-state index in [-0.39, 0.29) is 5.89 Å². The minimum atomic E-state index is -0.694. The molecule has 0 amide bonds. The zero-order valence-electron chi connectivity index (χ0n) is 17.8. The van der Waals surface area contributed by atoms with Gasteiger partial charge in [0.1, 0.15) is 11.5 Å². The van der Waals surface area contributed by atoms with E-state index in [0.29, 0.717) is 18.0 Å². The van der Waals surface area contributed by atoms with Gasteiger partial charge in [-0.3, -0.25) is 0 Å². The Labute approximate surface area is 179 Å². The molecule has 31 heavy (non-hydrogen) atoms. The number of esters is 1. The van der Waals surface area contributed by atoms with E-state index in [1.54, 1.807) is 32.4 Å². The van der Waals surface area contributed by atoms with Crippen molar-refractivity contribution >= 4 is 5.97 Å². The maximum Gasteiger partial charge on any atom is 0.340 e. The zero-order chi connectivity index (χ0) is 22.0. The van der Waals surface area contributed by atoms with E-state index in [0.717, 1.165) is 28.5 Å². The number of nitrogens with zero attached hydrogens (tertiary/aromatic N) is 3. The van der Waals surface area contributed by atoms with Crippen molar-refractivity contribution in [3.05, 3.63) is 77.3 Å². The molecule has 0 saturated heterocycles. The average molecular weight is 421 g/mol. The number of benzene rings is 1. The van der Waals surface area contributed by atoms with Crippen molar-refractivity contribution in [1.29, 1.82) is 0 Å². The van der Waals surface area contributed by atoms with E-state index in [4.69, 9.17) is 18.3 Å². The van der Waals surface area contributed by atoms with Crippen LogP contribution < -0.4 is 4.74 Å². The number of carbonyl (C=O) groups is 1. The molecule has 1 unspecified atom stereocenters. The summed E-state index contributed by atoms with van der Waals surface area (Å²) in [7, 11) is 1.60. The summed E-state index contributed by atoms with van der Waals surface area (Å²) >= 11 is 0. The Morgan fingerprint density at radius 3 is 2.61 bits per heavy atom. The van der Waals surface area contributed by atoms with Gasteiger partial charge in [0.15, 0.2) is 6.10 Å². The lowest BCUT2D eigenvalue weighted by Gasteiger charge is -2.10. The van der Waals surface area contributed by atoms with Crippen molar-refractivity contribution in [3.8, 4) is 17.2 Å². The fraction of sp³-hybridized carbons (Fsp3) is 0.261. The smallest absolute Gasteiger partial charge is 0.340 e. The highest BCUT2D eigenvalue weighted by atomic mass is 16.6. The highest BCUT2D eigenvalue weighted by Gasteiger charge is 2.23. The molecule has 0 radical (unpaired) electrons. The molecule has 1 atom stereocenters. The van der Waals surface area contributed by atoms with E-state index < -0.39 is 12.1 Å². The van der Waals surface area contributed by atoms with Crippen molar-refractivity contribution in [2.75, 3.05) is 7.11 Å². The highest BCUT2D eigenvalue weighted by Crippen LogP contribution is 2.26. The second kappa shape index (κ2) is 8.51. The van der Waals surface area contributed by atoms with Gasteiger partial charge in [-0.25, -0.2) is 4.79 Å². The second-order valence-corrected chi connectivity index (χ2v) is 7.17. The Kier molecular flexibility index (Phi) is 5.62. The molecule has 0 aliphatic rings. The van der Waals surface area contributed by atoms with Gasteiger partial charge in [-0.05, 0) is 63.2 Å². The molecule has 4 rings (SSSR count). The molecule has 0 spiro atoms. The fourth-order valence-corrected chi connectivity index (χ4v) is 3.33. The van der Waals surface area contributed by atoms with Crippen molar-refractivity contribution < 1.29 is 23.1 Å². The van der Waals surface area contributed by atoms with E-state index in [9.17, 15) is 4.79 Å². The van der Waals surface area contributed by atoms with E-state index in [1.807, 2.05) is 48.7 Å². The maximum absolute atomic E-state index is 12.8. The standard InChI is InChI=1S/C23H23N3O5/c1-14-12-20(15(2)26(14)13-19-6-5-11-29-19)23(27)30-16(3)21-24-25-22(31-21)17-7-9-18(28-4)10-8-17/h5-12,16H,13H2,1-4H3. The van der Waals surface area contributed by atoms with Crippen LogP contribution in [0.2, 0.25) is 0 Å². The van der Waals surface area contributed by atoms with Gasteiger partial charge in [0.25, 0.3) is 5.89 Å². The molecule has 0 aliphatic heterocycles. The molecule has 0 bridgehead atoms. The quantitative estimate of drug-likeness (QED) is 0.399. The molecule has 0 aliphatic carbocycles. The Balaban J connectivity index is 1.47. The number of methoxy groups -OCH3 is 1. The lowest BCUT2D eigenvalue weighted by atomic mass is 10.2. The molecule has 3 heterocycles. The van der Waals surface area contributed by atoms with Crippen LogP contribution in [0.15, 0.2) is 57.6 Å². The fourth-order valence-electron chi connectivity index (χ4n) is 3.33. The minimum absolute atomic E-state index is 0.226. The SMILES string of the molecule is COc1ccc(-c2nnc(C(C)OC(=O)c3cc(C)n(Cc4ccco4)c3C)o2)cc1. The first-order chi connectivity index (χ1) is 15.0. The third-order valence-electron chi connectivity index (χ3n) is 5.10. The Morgan fingerprint density at radius 2 is 1.94 bits per heavy atom. The Hall–Kier alpha value is -3.81. The number of ether oxygens (including phenoxy) is 2. The predicted molar refractivity (Wildman–Crippen MR) is 112 cm³/mol. The number of rotatable bonds is 7. The van der Waals surface area contributed by atoms with Crippen LogP contribution in [0, 0.1) is 13.8 Å². The summed E-state index contributed by atoms with van der Waals surface area (Å²) in [5.74, 6) is 1.67. The summed E-state index contributed by atoms with van der Waals surface area (Å²) in [5.41, 5.74) is 2.98. The van der Waals surface area contributed by atoms with Crippen LogP contribution in [0.1, 0.15) is 46.4 Å². The first-order valence-corrected chi connectivity index (χ1v) is 9.84. The summed E-state index contributed by atoms with van der Waals surface area (Å²) < 4.78 is 23.9. The number of hydrogen-bond acceptors (Lipinski definition) is 7. The number of furan rings is 1. The Morgan fingerprint density at radius 1 is 1.16 bits per heavy atom. The number of carbonyl (C=O) groups excluding carboxylic acids is 1. The summed E-state index contributed by atoms with van der Waals surface area (Å²) in [6.45, 7) is 6.06. The summed E-state index contributed by atoms with van der Waals surface area (Å²) in [4.78, 5) is 12.8. The van der Waals surface area contributed by atoms with Crippen LogP contribution in [0.4, 0.5) is 0 Å². The number of aromatic nitrogens is 3. The van der Waals surface area contributed by atoms with Gasteiger partial charge in [-0.1, -0.05) is 0 Å². The van der Waals surface area contributed by atoms with Crippen molar-refractivity contribution in [3.63, 3.8) is 0 Å². The van der Waals surface area contributed by atoms with Gasteiger partial charge >= 0.3 is 5.97 Å². The number of hydrogen-bond donors (Lipinski definition) is 0. The molecule has 4 aromatic rings. The zero-order valence-corrected chi connectivity index (χ0v) is 17.8. The van der Waals surface area contributed by atoms with Gasteiger partial charge in [0.2, 0.25) is 5.89 Å². The summed E-state index contributed by atoms with van der Waals surface area (Å²) in [6.07, 6.45) is 0.936. The van der Waals surface area contributed by atoms with E-state index in [1.165, 1.54) is 0 Å². The van der Waals surface area contributed by atoms with E-state index in [2.05, 4.69) is 10.2 Å². The molecule has 0 saturated carbocycles. The van der Waals surface area contributed by atoms with Crippen molar-refractivity contribution in [2.45, 2.75) is 33.4 Å². The second-order valence-electron chi connectivity index (χ2n) is 7.17. The van der Waals surface area contributed by atoms with Crippen LogP contribution in [0.5, 0.6) is 5.75 Å². The molecule has 0 fully saturated rings. The molecule has 8 heteroatoms. The van der Waals surface area contributed by atoms with Crippen LogP contribution >= 0.6 is 0 Å². The largest absolute Gasteiger partial charge is 0.497 e. The predicted octanol–water partition coefficient (Wildman–Crippen LogP) is 4.72. The third-order valence-corrected chi connectivity index (χ3v) is 5.10. The topological polar surface area (TPSA) is 92.5 Å². The van der Waals surface area contributed by atoms with Crippen LogP contribution in [0.3, 0.4) is 0 Å². The van der Waals surface area contributed by atoms with Crippen molar-refractivity contribution in [2.24, 2.45) is 0 Å². The third kappa shape index (κ3) is 4.23. The van der Waals surface area contributed by atoms with E-state index >= 15 is 0 Å². The highest BCUT2D eigenvalue weighted by molar-refractivity contribution is 5.91. The molecular formula is C23H23N3O5. The maximum atomic E-state index is 12.8. The molecule has 3 aromatic heterocycles. The normalized spacial score (nSPS) is 12.0. The van der Waals surface area contributed by atoms with Gasteiger partial charge in [0, 0.05) is 17.0 Å². The average Bonchev–Trinajstić information content (AvgIpc) is 3.52. The monoisotopic (exact) mass is 421 g/mol. The van der Waals surface area contributed by atoms with Gasteiger partial charge in [-0.15, -0.1) is 10.2 Å². The number of aryl methyl sites for hydroxylation is 1. The van der Waals surface area contributed by atoms with Gasteiger partial charge in [-0.2, -0.15) is 0 Å². The minimum Gasteiger partial charge on any atom is -0.497 e. The Bertz CT molecular complexity index is 1170. The molecule has 0 N–H and O–H groups in total. The van der Waals surface area contributed by atoms with Gasteiger partial charge < -0.3 is 22.9 Å². The first-order valence-electron chi connectivity index (χ1n) is 9.84. The van der Waals surface area contributed by atoms with Crippen LogP contribution in [-0.4, -0.2) is 27.8 Å². The summed E-state index contributed by atoms with van der Waals surface area (Å²) in [5, 5.41) is 8.09. The lowest BCUT2D eigenvalue weighted by molar-refractivity contribution is 0.0279. The first kappa shape index (κ1) is 20.5. The molecular weight excluding hydrogens is 398 g/mol. The molecule has 8 nitrogen and oxygen atoms in total. The van der Waals surface area contributed by atoms with Crippen LogP contribution in [-0.2, 0) is 11.3 Å². The van der Waals surface area contributed by atoms with Gasteiger partial charge in [0.05, 0.1) is 25.5 Å². The summed E-state index contributed by atoms with van der Waals surface area (Å²) in [6, 6.07) is 12.8. The lowest BCUT2D eigenvalue weighted by Crippen LogP contribution is -2.11. The molecule has 160 valence electrons.